The van der Waals surface area contributed by atoms with Crippen LogP contribution in [0.2, 0.25) is 5.02 Å². The fourth-order valence-corrected chi connectivity index (χ4v) is 2.99. The molecule has 2 heterocycles. The minimum absolute atomic E-state index is 0.0290. The molecule has 1 fully saturated rings. The van der Waals surface area contributed by atoms with E-state index >= 15 is 0 Å². The van der Waals surface area contributed by atoms with Crippen molar-refractivity contribution in [2.45, 2.75) is 18.8 Å². The van der Waals surface area contributed by atoms with Crippen molar-refractivity contribution in [1.82, 2.24) is 15.5 Å². The molecule has 8 nitrogen and oxygen atoms in total. The van der Waals surface area contributed by atoms with Gasteiger partial charge in [-0.25, -0.2) is 9.89 Å². The highest BCUT2D eigenvalue weighted by Crippen LogP contribution is 2.25. The Morgan fingerprint density at radius 2 is 2.04 bits per heavy atom. The Hall–Kier alpha value is -2.95. The van der Waals surface area contributed by atoms with Crippen LogP contribution >= 0.6 is 11.6 Å². The van der Waals surface area contributed by atoms with Crippen LogP contribution in [-0.4, -0.2) is 41.7 Å². The molecule has 0 saturated carbocycles. The Morgan fingerprint density at radius 3 is 2.71 bits per heavy atom. The van der Waals surface area contributed by atoms with Crippen molar-refractivity contribution in [2.24, 2.45) is 0 Å². The lowest BCUT2D eigenvalue weighted by Gasteiger charge is -2.19. The first-order chi connectivity index (χ1) is 13.2. The molecule has 1 aromatic carbocycles. The Bertz CT molecular complexity index is 904. The Kier molecular flexibility index (Phi) is 5.63. The zero-order valence-electron chi connectivity index (χ0n) is 14.2. The Morgan fingerprint density at radius 1 is 1.32 bits per heavy atom. The zero-order valence-corrected chi connectivity index (χ0v) is 15.0. The summed E-state index contributed by atoms with van der Waals surface area (Å²) in [5.41, 5.74) is 0.297. The number of aromatic amines is 1. The second-order valence-corrected chi connectivity index (χ2v) is 6.38. The number of carbonyl (C=O) groups excluding carboxylic acids is 1. The zero-order chi connectivity index (χ0) is 20.3. The summed E-state index contributed by atoms with van der Waals surface area (Å²) in [6, 6.07) is 4.08. The summed E-state index contributed by atoms with van der Waals surface area (Å²) in [6.07, 6.45) is -2.71. The number of halogens is 4. The smallest absolute Gasteiger partial charge is 0.406 e. The maximum absolute atomic E-state index is 12.1. The van der Waals surface area contributed by atoms with Crippen LogP contribution in [-0.2, 0) is 0 Å². The molecule has 0 aliphatic carbocycles. The molecule has 0 bridgehead atoms. The molecule has 12 heteroatoms. The van der Waals surface area contributed by atoms with Crippen LogP contribution in [0, 0.1) is 0 Å². The summed E-state index contributed by atoms with van der Waals surface area (Å²) < 4.78 is 40.2. The van der Waals surface area contributed by atoms with E-state index in [1.165, 1.54) is 18.3 Å². The number of ether oxygens (including phenoxy) is 1. The highest BCUT2D eigenvalue weighted by Gasteiger charge is 2.31. The van der Waals surface area contributed by atoms with Gasteiger partial charge in [0, 0.05) is 24.8 Å². The molecule has 2 aromatic rings. The van der Waals surface area contributed by atoms with Gasteiger partial charge < -0.3 is 20.3 Å². The van der Waals surface area contributed by atoms with Gasteiger partial charge >= 0.3 is 12.4 Å². The van der Waals surface area contributed by atoms with Gasteiger partial charge in [0.25, 0.3) is 5.56 Å². The van der Waals surface area contributed by atoms with E-state index < -0.39 is 18.0 Å². The molecule has 28 heavy (non-hydrogen) atoms. The number of aromatic nitrogens is 2. The monoisotopic (exact) mass is 417 g/mol. The van der Waals surface area contributed by atoms with Crippen LogP contribution < -0.4 is 25.8 Å². The second-order valence-electron chi connectivity index (χ2n) is 6.00. The molecule has 1 atom stereocenters. The first kappa shape index (κ1) is 19.8. The number of alkyl halides is 3. The van der Waals surface area contributed by atoms with Gasteiger partial charge in [0.1, 0.15) is 10.8 Å². The van der Waals surface area contributed by atoms with Crippen molar-refractivity contribution in [2.75, 3.05) is 23.3 Å². The van der Waals surface area contributed by atoms with Crippen LogP contribution in [0.4, 0.5) is 29.3 Å². The first-order valence-corrected chi connectivity index (χ1v) is 8.50. The van der Waals surface area contributed by atoms with Crippen LogP contribution in [0.5, 0.6) is 5.75 Å². The molecule has 1 aromatic heterocycles. The van der Waals surface area contributed by atoms with Gasteiger partial charge in [0.05, 0.1) is 11.9 Å². The van der Waals surface area contributed by atoms with E-state index in [4.69, 9.17) is 11.6 Å². The third kappa shape index (κ3) is 5.06. The summed E-state index contributed by atoms with van der Waals surface area (Å²) >= 11 is 5.98. The minimum atomic E-state index is -4.78. The summed E-state index contributed by atoms with van der Waals surface area (Å²) in [4.78, 5) is 25.5. The quantitative estimate of drug-likeness (QED) is 0.710. The van der Waals surface area contributed by atoms with E-state index in [0.717, 1.165) is 12.1 Å². The number of rotatable bonds is 4. The molecule has 150 valence electrons. The lowest BCUT2D eigenvalue weighted by atomic mass is 10.2. The van der Waals surface area contributed by atoms with Crippen LogP contribution in [0.3, 0.4) is 0 Å². The maximum atomic E-state index is 12.1. The molecular formula is C16H15ClF3N5O3. The topological polar surface area (TPSA) is 99.3 Å². The SMILES string of the molecule is O=C(Nc1ccc(OC(F)(F)F)cc1)NC1CCN(c2cn[nH]c(=O)c2Cl)C1. The first-order valence-electron chi connectivity index (χ1n) is 8.13. The minimum Gasteiger partial charge on any atom is -0.406 e. The molecule has 1 aliphatic heterocycles. The predicted octanol–water partition coefficient (Wildman–Crippen LogP) is 2.72. The number of nitrogens with zero attached hydrogens (tertiary/aromatic N) is 2. The number of nitrogens with one attached hydrogen (secondary N) is 3. The average molecular weight is 418 g/mol. The number of hydrogen-bond donors (Lipinski definition) is 3. The lowest BCUT2D eigenvalue weighted by Crippen LogP contribution is -2.39. The van der Waals surface area contributed by atoms with E-state index in [1.54, 1.807) is 0 Å². The molecule has 3 rings (SSSR count). The maximum Gasteiger partial charge on any atom is 0.573 e. The van der Waals surface area contributed by atoms with Gasteiger partial charge in [0.15, 0.2) is 0 Å². The van der Waals surface area contributed by atoms with Crippen molar-refractivity contribution in [3.8, 4) is 5.75 Å². The highest BCUT2D eigenvalue weighted by atomic mass is 35.5. The largest absolute Gasteiger partial charge is 0.573 e. The Balaban J connectivity index is 1.53. The van der Waals surface area contributed by atoms with Crippen LogP contribution in [0.25, 0.3) is 0 Å². The van der Waals surface area contributed by atoms with Crippen molar-refractivity contribution in [1.29, 1.82) is 0 Å². The molecule has 0 spiro atoms. The number of anilines is 2. The van der Waals surface area contributed by atoms with Crippen LogP contribution in [0.15, 0.2) is 35.3 Å². The van der Waals surface area contributed by atoms with Gasteiger partial charge in [-0.05, 0) is 30.7 Å². The number of H-pyrrole nitrogens is 1. The molecule has 1 unspecified atom stereocenters. The third-order valence-corrected chi connectivity index (χ3v) is 4.35. The van der Waals surface area contributed by atoms with Gasteiger partial charge in [-0.2, -0.15) is 5.10 Å². The molecule has 2 amide bonds. The number of amides is 2. The van der Waals surface area contributed by atoms with Gasteiger partial charge in [-0.1, -0.05) is 11.6 Å². The predicted molar refractivity (Wildman–Crippen MR) is 95.8 cm³/mol. The summed E-state index contributed by atoms with van der Waals surface area (Å²) in [5.74, 6) is -0.381. The van der Waals surface area contributed by atoms with E-state index in [-0.39, 0.29) is 16.8 Å². The van der Waals surface area contributed by atoms with Gasteiger partial charge in [-0.15, -0.1) is 13.2 Å². The van der Waals surface area contributed by atoms with Crippen molar-refractivity contribution in [3.63, 3.8) is 0 Å². The lowest BCUT2D eigenvalue weighted by molar-refractivity contribution is -0.274. The van der Waals surface area contributed by atoms with Gasteiger partial charge in [0.2, 0.25) is 0 Å². The molecule has 1 aliphatic rings. The second kappa shape index (κ2) is 7.97. The number of benzene rings is 1. The molecular weight excluding hydrogens is 403 g/mol. The summed E-state index contributed by atoms with van der Waals surface area (Å²) in [6.45, 7) is 0.996. The van der Waals surface area contributed by atoms with Crippen molar-refractivity contribution < 1.29 is 22.7 Å². The molecule has 1 saturated heterocycles. The number of carbonyl (C=O) groups is 1. The average Bonchev–Trinajstić information content (AvgIpc) is 3.06. The Labute approximate surface area is 161 Å². The fraction of sp³-hybridized carbons (Fsp3) is 0.312. The van der Waals surface area contributed by atoms with Crippen molar-refractivity contribution >= 4 is 29.0 Å². The fourth-order valence-electron chi connectivity index (χ4n) is 2.78. The highest BCUT2D eigenvalue weighted by molar-refractivity contribution is 6.33. The number of urea groups is 1. The van der Waals surface area contributed by atoms with Crippen molar-refractivity contribution in [3.05, 3.63) is 45.8 Å². The summed E-state index contributed by atoms with van der Waals surface area (Å²) in [5, 5.41) is 11.3. The standard InChI is InChI=1S/C16H15ClF3N5O3/c17-13-12(7-21-24-14(13)26)25-6-5-10(8-25)23-15(27)22-9-1-3-11(4-2-9)28-16(18,19)20/h1-4,7,10H,5-6,8H2,(H,24,26)(H2,22,23,27). The van der Waals surface area contributed by atoms with E-state index in [2.05, 4.69) is 25.6 Å². The number of hydrogen-bond acceptors (Lipinski definition) is 5. The van der Waals surface area contributed by atoms with Crippen LogP contribution in [0.1, 0.15) is 6.42 Å². The van der Waals surface area contributed by atoms with E-state index in [9.17, 15) is 22.8 Å². The third-order valence-electron chi connectivity index (χ3n) is 3.99. The molecule has 0 radical (unpaired) electrons. The van der Waals surface area contributed by atoms with Gasteiger partial charge in [-0.3, -0.25) is 4.79 Å². The van der Waals surface area contributed by atoms with E-state index in [1.807, 2.05) is 4.90 Å². The summed E-state index contributed by atoms with van der Waals surface area (Å²) in [7, 11) is 0. The normalized spacial score (nSPS) is 16.7. The van der Waals surface area contributed by atoms with E-state index in [0.29, 0.717) is 30.9 Å². The molecule has 3 N–H and O–H groups in total.